The van der Waals surface area contributed by atoms with Gasteiger partial charge in [0.25, 0.3) is 0 Å². The van der Waals surface area contributed by atoms with E-state index in [1.54, 1.807) is 6.92 Å². The Morgan fingerprint density at radius 2 is 1.65 bits per heavy atom. The van der Waals surface area contributed by atoms with Gasteiger partial charge in [0.15, 0.2) is 22.0 Å². The standard InChI is InChI=1S/C10H12O5.H3OPS3/c1-2-6(11)9-7(12)3-5(10(14)15)4-8(9)13;1-2(3,4)5/h5,9H,2-4H2,1H3,(H,14,15);(H3,1,3,4,5). The summed E-state index contributed by atoms with van der Waals surface area (Å²) in [5, 5.41) is 8.67. The van der Waals surface area contributed by atoms with Crippen molar-refractivity contribution in [3.8, 4) is 0 Å². The van der Waals surface area contributed by atoms with Crippen molar-refractivity contribution < 1.29 is 29.2 Å². The summed E-state index contributed by atoms with van der Waals surface area (Å²) >= 11 is 11.2. The molecule has 0 spiro atoms. The predicted octanol–water partition coefficient (Wildman–Crippen LogP) is 1.28. The molecule has 10 heteroatoms. The molecule has 6 nitrogen and oxygen atoms in total. The van der Waals surface area contributed by atoms with Crippen molar-refractivity contribution in [1.82, 2.24) is 0 Å². The number of aliphatic carboxylic acids is 1. The summed E-state index contributed by atoms with van der Waals surface area (Å²) in [6.07, 6.45) is -0.297. The Morgan fingerprint density at radius 3 is 1.90 bits per heavy atom. The zero-order valence-corrected chi connectivity index (χ0v) is 14.1. The van der Waals surface area contributed by atoms with Crippen molar-refractivity contribution >= 4 is 64.3 Å². The smallest absolute Gasteiger partial charge is 0.307 e. The predicted molar refractivity (Wildman–Crippen MR) is 83.6 cm³/mol. The van der Waals surface area contributed by atoms with Gasteiger partial charge >= 0.3 is 5.97 Å². The van der Waals surface area contributed by atoms with Crippen LogP contribution in [0.2, 0.25) is 0 Å². The van der Waals surface area contributed by atoms with Gasteiger partial charge in [0, 0.05) is 19.3 Å². The molecule has 0 saturated heterocycles. The van der Waals surface area contributed by atoms with Gasteiger partial charge in [-0.05, 0) is 11.8 Å². The van der Waals surface area contributed by atoms with Gasteiger partial charge in [-0.15, -0.1) is 24.5 Å². The van der Waals surface area contributed by atoms with Gasteiger partial charge in [-0.3, -0.25) is 19.2 Å². The molecule has 0 unspecified atom stereocenters. The maximum Gasteiger partial charge on any atom is 0.307 e. The van der Waals surface area contributed by atoms with E-state index in [2.05, 4.69) is 36.3 Å². The first-order chi connectivity index (χ1) is 8.97. The molecule has 114 valence electrons. The number of carboxylic acid groups (broad SMARTS) is 1. The third-order valence-corrected chi connectivity index (χ3v) is 2.56. The molecule has 0 bridgehead atoms. The van der Waals surface area contributed by atoms with Gasteiger partial charge in [0.05, 0.1) is 5.92 Å². The Bertz CT molecular complexity index is 445. The summed E-state index contributed by atoms with van der Waals surface area (Å²) in [5.41, 5.74) is 0. The van der Waals surface area contributed by atoms with Crippen molar-refractivity contribution in [3.63, 3.8) is 0 Å². The lowest BCUT2D eigenvalue weighted by Crippen LogP contribution is -2.40. The van der Waals surface area contributed by atoms with Crippen LogP contribution < -0.4 is 0 Å². The maximum atomic E-state index is 11.4. The van der Waals surface area contributed by atoms with Crippen LogP contribution in [0.4, 0.5) is 0 Å². The van der Waals surface area contributed by atoms with E-state index in [1.165, 1.54) is 0 Å². The van der Waals surface area contributed by atoms with E-state index < -0.39 is 39.8 Å². The monoisotopic (exact) mass is 358 g/mol. The van der Waals surface area contributed by atoms with Crippen LogP contribution in [-0.4, -0.2) is 33.3 Å². The fourth-order valence-corrected chi connectivity index (χ4v) is 1.71. The number of ketones is 3. The number of hydrogen-bond donors (Lipinski definition) is 4. The highest BCUT2D eigenvalue weighted by atomic mass is 33.2. The SMILES string of the molecule is CCC(=O)C1C(=O)CC(C(=O)O)CC1=O.OP(=S)(S)S. The van der Waals surface area contributed by atoms with Crippen LogP contribution in [0.15, 0.2) is 0 Å². The fraction of sp³-hybridized carbons (Fsp3) is 0.600. The summed E-state index contributed by atoms with van der Waals surface area (Å²) in [4.78, 5) is 52.9. The maximum absolute atomic E-state index is 11.4. The minimum absolute atomic E-state index is 0.125. The van der Waals surface area contributed by atoms with E-state index in [1.807, 2.05) is 0 Å². The number of carbonyl (C=O) groups is 4. The topological polar surface area (TPSA) is 109 Å². The molecule has 0 aromatic carbocycles. The highest BCUT2D eigenvalue weighted by molar-refractivity contribution is 8.90. The molecule has 1 aliphatic rings. The third-order valence-electron chi connectivity index (χ3n) is 2.56. The fourth-order valence-electron chi connectivity index (χ4n) is 1.71. The first-order valence-electron chi connectivity index (χ1n) is 5.56. The lowest BCUT2D eigenvalue weighted by molar-refractivity contribution is -0.152. The van der Waals surface area contributed by atoms with Gasteiger partial charge in [-0.25, -0.2) is 0 Å². The van der Waals surface area contributed by atoms with Crippen LogP contribution in [0.1, 0.15) is 26.2 Å². The minimum Gasteiger partial charge on any atom is -0.481 e. The van der Waals surface area contributed by atoms with Crippen molar-refractivity contribution in [1.29, 1.82) is 0 Å². The Labute approximate surface area is 131 Å². The van der Waals surface area contributed by atoms with Crippen LogP contribution in [0.5, 0.6) is 0 Å². The van der Waals surface area contributed by atoms with Crippen LogP contribution in [0.25, 0.3) is 0 Å². The van der Waals surface area contributed by atoms with Crippen molar-refractivity contribution in [2.24, 2.45) is 11.8 Å². The van der Waals surface area contributed by atoms with Crippen molar-refractivity contribution in [2.75, 3.05) is 0 Å². The number of carbonyl (C=O) groups excluding carboxylic acids is 3. The number of rotatable bonds is 3. The Morgan fingerprint density at radius 1 is 1.30 bits per heavy atom. The van der Waals surface area contributed by atoms with E-state index in [0.717, 1.165) is 0 Å². The molecule has 1 fully saturated rings. The molecule has 0 radical (unpaired) electrons. The molecule has 1 saturated carbocycles. The molecule has 0 aromatic heterocycles. The molecular formula is C10H15O6PS3. The molecule has 0 atom stereocenters. The number of thiol groups is 2. The van der Waals surface area contributed by atoms with Crippen LogP contribution in [0.3, 0.4) is 0 Å². The highest BCUT2D eigenvalue weighted by Gasteiger charge is 2.41. The van der Waals surface area contributed by atoms with Gasteiger partial charge in [0.2, 0.25) is 0 Å². The van der Waals surface area contributed by atoms with Gasteiger partial charge in [-0.2, -0.15) is 0 Å². The molecule has 20 heavy (non-hydrogen) atoms. The normalized spacial score (nSPS) is 22.8. The Kier molecular flexibility index (Phi) is 8.20. The minimum atomic E-state index is -2.42. The number of Topliss-reactive ketones (excluding diaryl/α,β-unsaturated/α-hetero) is 3. The van der Waals surface area contributed by atoms with E-state index in [9.17, 15) is 19.2 Å². The van der Waals surface area contributed by atoms with Gasteiger partial charge in [0.1, 0.15) is 5.92 Å². The Hall–Kier alpha value is -0.210. The highest BCUT2D eigenvalue weighted by Crippen LogP contribution is 2.50. The average Bonchev–Trinajstić information content (AvgIpc) is 2.25. The van der Waals surface area contributed by atoms with Gasteiger partial charge in [-0.1, -0.05) is 6.92 Å². The average molecular weight is 358 g/mol. The summed E-state index contributed by atoms with van der Waals surface area (Å²) in [6, 6.07) is 0. The second kappa shape index (κ2) is 8.29. The first-order valence-corrected chi connectivity index (χ1v) is 10.6. The van der Waals surface area contributed by atoms with Crippen molar-refractivity contribution in [2.45, 2.75) is 26.2 Å². The molecule has 2 N–H and O–H groups in total. The second-order valence-corrected chi connectivity index (χ2v) is 12.8. The largest absolute Gasteiger partial charge is 0.481 e. The molecule has 0 amide bonds. The lowest BCUT2D eigenvalue weighted by atomic mass is 9.77. The van der Waals surface area contributed by atoms with E-state index in [0.29, 0.717) is 0 Å². The number of carboxylic acids is 1. The van der Waals surface area contributed by atoms with Crippen LogP contribution in [0, 0.1) is 11.8 Å². The van der Waals surface area contributed by atoms with Crippen LogP contribution >= 0.6 is 29.2 Å². The first kappa shape index (κ1) is 19.8. The van der Waals surface area contributed by atoms with Crippen molar-refractivity contribution in [3.05, 3.63) is 0 Å². The van der Waals surface area contributed by atoms with E-state index in [-0.39, 0.29) is 19.3 Å². The zero-order chi connectivity index (χ0) is 16.1. The molecule has 0 aromatic rings. The molecular weight excluding hydrogens is 343 g/mol. The molecule has 1 aliphatic carbocycles. The molecule has 0 heterocycles. The molecule has 1 rings (SSSR count). The third kappa shape index (κ3) is 7.54. The molecule has 0 aliphatic heterocycles. The van der Waals surface area contributed by atoms with Crippen LogP contribution in [-0.2, 0) is 31.0 Å². The van der Waals surface area contributed by atoms with E-state index in [4.69, 9.17) is 10.00 Å². The van der Waals surface area contributed by atoms with Gasteiger partial charge < -0.3 is 10.00 Å². The quantitative estimate of drug-likeness (QED) is 0.342. The van der Waals surface area contributed by atoms with E-state index >= 15 is 0 Å². The Balaban J connectivity index is 0.000000621. The summed E-state index contributed by atoms with van der Waals surface area (Å²) in [7, 11) is 0. The second-order valence-electron chi connectivity index (χ2n) is 4.14. The zero-order valence-electron chi connectivity index (χ0n) is 10.6. The summed E-state index contributed by atoms with van der Waals surface area (Å²) < 4.78 is -2.42. The summed E-state index contributed by atoms with van der Waals surface area (Å²) in [6.45, 7) is 1.58. The number of hydrogen-bond acceptors (Lipinski definition) is 5. The lowest BCUT2D eigenvalue weighted by Gasteiger charge is -2.22. The summed E-state index contributed by atoms with van der Waals surface area (Å²) in [5.74, 6) is -4.82.